The second-order valence-corrected chi connectivity index (χ2v) is 4.25. The number of rotatable bonds is 2. The van der Waals surface area contributed by atoms with E-state index in [2.05, 4.69) is 5.32 Å². The summed E-state index contributed by atoms with van der Waals surface area (Å²) in [5.74, 6) is -3.63. The molecule has 0 radical (unpaired) electrons. The van der Waals surface area contributed by atoms with Crippen molar-refractivity contribution < 1.29 is 13.2 Å². The van der Waals surface area contributed by atoms with Crippen LogP contribution in [0.4, 0.5) is 13.2 Å². The summed E-state index contributed by atoms with van der Waals surface area (Å²) < 4.78 is 39.7. The Balaban J connectivity index is 0.00000144. The van der Waals surface area contributed by atoms with Crippen molar-refractivity contribution in [3.63, 3.8) is 0 Å². The minimum Gasteiger partial charge on any atom is -0.311 e. The highest BCUT2D eigenvalue weighted by molar-refractivity contribution is 5.85. The van der Waals surface area contributed by atoms with Gasteiger partial charge in [0.2, 0.25) is 0 Å². The Kier molecular flexibility index (Phi) is 4.83. The quantitative estimate of drug-likeness (QED) is 0.867. The third kappa shape index (κ3) is 3.61. The van der Waals surface area contributed by atoms with E-state index in [1.165, 1.54) is 12.1 Å². The van der Waals surface area contributed by atoms with Crippen LogP contribution in [0.15, 0.2) is 24.3 Å². The van der Waals surface area contributed by atoms with E-state index in [9.17, 15) is 13.2 Å². The maximum absolute atomic E-state index is 13.5. The topological polar surface area (TPSA) is 12.0 Å². The summed E-state index contributed by atoms with van der Waals surface area (Å²) in [4.78, 5) is 0. The summed E-state index contributed by atoms with van der Waals surface area (Å²) >= 11 is 0. The van der Waals surface area contributed by atoms with Crippen LogP contribution in [-0.4, -0.2) is 19.0 Å². The molecule has 0 spiro atoms. The van der Waals surface area contributed by atoms with Crippen LogP contribution in [0.1, 0.15) is 12.0 Å². The van der Waals surface area contributed by atoms with Crippen molar-refractivity contribution in [3.8, 4) is 0 Å². The fraction of sp³-hybridized carbons (Fsp3) is 0.500. The second-order valence-electron chi connectivity index (χ2n) is 4.25. The monoisotopic (exact) mass is 265 g/mol. The minimum atomic E-state index is -2.66. The largest absolute Gasteiger partial charge is 0.311 e. The number of hydrogen-bond acceptors (Lipinski definition) is 1. The van der Waals surface area contributed by atoms with Crippen molar-refractivity contribution in [1.29, 1.82) is 0 Å². The molecule has 1 aromatic rings. The van der Waals surface area contributed by atoms with Gasteiger partial charge >= 0.3 is 0 Å². The van der Waals surface area contributed by atoms with Crippen LogP contribution < -0.4 is 5.32 Å². The number of benzene rings is 1. The Bertz CT molecular complexity index is 353. The van der Waals surface area contributed by atoms with E-state index in [4.69, 9.17) is 0 Å². The molecule has 17 heavy (non-hydrogen) atoms. The molecular formula is C12H15ClF3N. The number of piperidine rings is 1. The van der Waals surface area contributed by atoms with Gasteiger partial charge in [-0.2, -0.15) is 0 Å². The summed E-state index contributed by atoms with van der Waals surface area (Å²) in [7, 11) is 0. The van der Waals surface area contributed by atoms with E-state index in [0.717, 1.165) is 5.56 Å². The Morgan fingerprint density at radius 1 is 1.24 bits per heavy atom. The fourth-order valence-electron chi connectivity index (χ4n) is 2.04. The molecule has 1 saturated heterocycles. The van der Waals surface area contributed by atoms with E-state index >= 15 is 0 Å². The number of halogens is 4. The van der Waals surface area contributed by atoms with Crippen LogP contribution in [0.2, 0.25) is 0 Å². The summed E-state index contributed by atoms with van der Waals surface area (Å²) in [6, 6.07) is 5.78. The molecule has 1 nitrogen and oxygen atoms in total. The molecule has 0 saturated carbocycles. The molecular weight excluding hydrogens is 251 g/mol. The lowest BCUT2D eigenvalue weighted by Gasteiger charge is -2.31. The molecule has 1 N–H and O–H groups in total. The van der Waals surface area contributed by atoms with Gasteiger partial charge in [-0.1, -0.05) is 12.1 Å². The molecule has 1 heterocycles. The summed E-state index contributed by atoms with van der Waals surface area (Å²) in [6.07, 6.45) is 0.777. The van der Waals surface area contributed by atoms with Gasteiger partial charge in [-0.15, -0.1) is 12.4 Å². The SMILES string of the molecule is Cl.Fc1ccc(CC2CCNCC2(F)F)cc1. The maximum Gasteiger partial charge on any atom is 0.263 e. The Morgan fingerprint density at radius 2 is 1.88 bits per heavy atom. The number of alkyl halides is 2. The molecule has 0 bridgehead atoms. The van der Waals surface area contributed by atoms with Crippen LogP contribution >= 0.6 is 12.4 Å². The molecule has 96 valence electrons. The van der Waals surface area contributed by atoms with E-state index in [1.807, 2.05) is 0 Å². The zero-order valence-corrected chi connectivity index (χ0v) is 10.1. The van der Waals surface area contributed by atoms with E-state index < -0.39 is 11.8 Å². The predicted octanol–water partition coefficient (Wildman–Crippen LogP) is 3.03. The van der Waals surface area contributed by atoms with Crippen molar-refractivity contribution >= 4 is 12.4 Å². The minimum absolute atomic E-state index is 0. The highest BCUT2D eigenvalue weighted by Gasteiger charge is 2.41. The molecule has 0 amide bonds. The standard InChI is InChI=1S/C12H14F3N.ClH/c13-11-3-1-9(2-4-11)7-10-5-6-16-8-12(10,14)15;/h1-4,10,16H,5-8H2;1H. The zero-order valence-electron chi connectivity index (χ0n) is 9.26. The van der Waals surface area contributed by atoms with Crippen molar-refractivity contribution in [1.82, 2.24) is 5.32 Å². The Hall–Kier alpha value is -0.740. The van der Waals surface area contributed by atoms with E-state index in [-0.39, 0.29) is 24.8 Å². The van der Waals surface area contributed by atoms with Crippen LogP contribution in [0.25, 0.3) is 0 Å². The molecule has 1 aliphatic rings. The van der Waals surface area contributed by atoms with Gasteiger partial charge in [-0.3, -0.25) is 0 Å². The average Bonchev–Trinajstić information content (AvgIpc) is 2.24. The third-order valence-corrected chi connectivity index (χ3v) is 3.02. The number of nitrogens with one attached hydrogen (secondary N) is 1. The van der Waals surface area contributed by atoms with Crippen molar-refractivity contribution in [3.05, 3.63) is 35.6 Å². The first kappa shape index (κ1) is 14.3. The molecule has 5 heteroatoms. The molecule has 1 atom stereocenters. The third-order valence-electron chi connectivity index (χ3n) is 3.02. The van der Waals surface area contributed by atoms with Crippen molar-refractivity contribution in [2.24, 2.45) is 5.92 Å². The van der Waals surface area contributed by atoms with Gasteiger partial charge in [-0.05, 0) is 37.1 Å². The first-order chi connectivity index (χ1) is 7.58. The van der Waals surface area contributed by atoms with Crippen molar-refractivity contribution in [2.45, 2.75) is 18.8 Å². The summed E-state index contributed by atoms with van der Waals surface area (Å²) in [5, 5.41) is 2.69. The van der Waals surface area contributed by atoms with Gasteiger partial charge in [0.15, 0.2) is 0 Å². The fourth-order valence-corrected chi connectivity index (χ4v) is 2.04. The van der Waals surface area contributed by atoms with E-state index in [0.29, 0.717) is 19.4 Å². The summed E-state index contributed by atoms with van der Waals surface area (Å²) in [5.41, 5.74) is 0.771. The average molecular weight is 266 g/mol. The lowest BCUT2D eigenvalue weighted by Crippen LogP contribution is -2.46. The van der Waals surface area contributed by atoms with Crippen LogP contribution in [0.3, 0.4) is 0 Å². The van der Waals surface area contributed by atoms with Gasteiger partial charge in [0.25, 0.3) is 5.92 Å². The highest BCUT2D eigenvalue weighted by Crippen LogP contribution is 2.32. The van der Waals surface area contributed by atoms with Crippen LogP contribution in [-0.2, 0) is 6.42 Å². The van der Waals surface area contributed by atoms with Crippen molar-refractivity contribution in [2.75, 3.05) is 13.1 Å². The van der Waals surface area contributed by atoms with E-state index in [1.54, 1.807) is 12.1 Å². The number of hydrogen-bond donors (Lipinski definition) is 1. The van der Waals surface area contributed by atoms with Gasteiger partial charge in [-0.25, -0.2) is 13.2 Å². The molecule has 1 unspecified atom stereocenters. The van der Waals surface area contributed by atoms with Gasteiger partial charge < -0.3 is 5.32 Å². The second kappa shape index (κ2) is 5.74. The molecule has 0 aromatic heterocycles. The highest BCUT2D eigenvalue weighted by atomic mass is 35.5. The maximum atomic E-state index is 13.5. The Labute approximate surface area is 105 Å². The smallest absolute Gasteiger partial charge is 0.263 e. The lowest BCUT2D eigenvalue weighted by molar-refractivity contribution is -0.0727. The molecule has 0 aliphatic carbocycles. The lowest BCUT2D eigenvalue weighted by atomic mass is 9.88. The zero-order chi connectivity index (χ0) is 11.6. The van der Waals surface area contributed by atoms with Crippen LogP contribution in [0.5, 0.6) is 0 Å². The molecule has 1 aromatic carbocycles. The first-order valence-electron chi connectivity index (χ1n) is 5.41. The van der Waals surface area contributed by atoms with Gasteiger partial charge in [0, 0.05) is 5.92 Å². The van der Waals surface area contributed by atoms with Gasteiger partial charge in [0.1, 0.15) is 5.82 Å². The normalized spacial score (nSPS) is 22.9. The molecule has 1 fully saturated rings. The molecule has 1 aliphatic heterocycles. The summed E-state index contributed by atoms with van der Waals surface area (Å²) in [6.45, 7) is 0.375. The Morgan fingerprint density at radius 3 is 2.47 bits per heavy atom. The predicted molar refractivity (Wildman–Crippen MR) is 63.3 cm³/mol. The molecule has 2 rings (SSSR count). The van der Waals surface area contributed by atoms with Gasteiger partial charge in [0.05, 0.1) is 6.54 Å². The first-order valence-corrected chi connectivity index (χ1v) is 5.41. The van der Waals surface area contributed by atoms with Crippen LogP contribution in [0, 0.1) is 11.7 Å².